The SMILES string of the molecule is c1ccc(-n2c3ccccc3c3c2ccc2c4ccccc4n(-c4ccnn5c4nc4sc6ccccc6c45)c23)cc1. The normalized spacial score (nSPS) is 12.3. The molecule has 5 aromatic heterocycles. The Balaban J connectivity index is 1.42. The van der Waals surface area contributed by atoms with Crippen molar-refractivity contribution in [3.8, 4) is 11.4 Å². The molecular formula is C36H21N5S. The molecule has 0 saturated carbocycles. The minimum atomic E-state index is 0.857. The smallest absolute Gasteiger partial charge is 0.179 e. The highest BCUT2D eigenvalue weighted by atomic mass is 32.1. The van der Waals surface area contributed by atoms with Crippen LogP contribution in [0, 0.1) is 0 Å². The van der Waals surface area contributed by atoms with Crippen molar-refractivity contribution in [2.75, 3.05) is 0 Å². The fourth-order valence-corrected chi connectivity index (χ4v) is 7.92. The number of rotatable bonds is 2. The van der Waals surface area contributed by atoms with Crippen molar-refractivity contribution in [1.29, 1.82) is 0 Å². The van der Waals surface area contributed by atoms with E-state index in [-0.39, 0.29) is 0 Å². The summed E-state index contributed by atoms with van der Waals surface area (Å²) in [5, 5.41) is 10.9. The van der Waals surface area contributed by atoms with E-state index in [0.717, 1.165) is 32.9 Å². The van der Waals surface area contributed by atoms with Gasteiger partial charge >= 0.3 is 0 Å². The molecular weight excluding hydrogens is 534 g/mol. The van der Waals surface area contributed by atoms with Crippen LogP contribution in [0.3, 0.4) is 0 Å². The summed E-state index contributed by atoms with van der Waals surface area (Å²) in [5.74, 6) is 0. The van der Waals surface area contributed by atoms with Gasteiger partial charge in [0, 0.05) is 37.3 Å². The Hall–Kier alpha value is -5.46. The average molecular weight is 556 g/mol. The number of nitrogens with zero attached hydrogens (tertiary/aromatic N) is 5. The van der Waals surface area contributed by atoms with Crippen LogP contribution in [-0.2, 0) is 0 Å². The number of aromatic nitrogens is 5. The molecule has 0 aliphatic carbocycles. The van der Waals surface area contributed by atoms with Gasteiger partial charge in [-0.15, -0.1) is 11.3 Å². The van der Waals surface area contributed by atoms with Gasteiger partial charge in [-0.2, -0.15) is 5.10 Å². The van der Waals surface area contributed by atoms with Crippen LogP contribution in [0.15, 0.2) is 128 Å². The molecule has 5 nitrogen and oxygen atoms in total. The molecule has 0 radical (unpaired) electrons. The van der Waals surface area contributed by atoms with Crippen LogP contribution in [0.5, 0.6) is 0 Å². The summed E-state index contributed by atoms with van der Waals surface area (Å²) in [6.07, 6.45) is 1.91. The molecule has 0 fully saturated rings. The molecule has 0 saturated heterocycles. The third-order valence-corrected chi connectivity index (χ3v) is 9.59. The molecule has 0 unspecified atom stereocenters. The van der Waals surface area contributed by atoms with Gasteiger partial charge < -0.3 is 9.13 Å². The molecule has 5 heterocycles. The molecule has 0 aliphatic rings. The largest absolute Gasteiger partial charge is 0.309 e. The molecule has 0 spiro atoms. The minimum Gasteiger partial charge on any atom is -0.309 e. The van der Waals surface area contributed by atoms with Crippen LogP contribution in [0.4, 0.5) is 0 Å². The predicted octanol–water partition coefficient (Wildman–Crippen LogP) is 9.29. The maximum Gasteiger partial charge on any atom is 0.179 e. The molecule has 0 amide bonds. The summed E-state index contributed by atoms with van der Waals surface area (Å²) in [7, 11) is 0. The van der Waals surface area contributed by atoms with Gasteiger partial charge in [0.05, 0.1) is 34.0 Å². The lowest BCUT2D eigenvalue weighted by Gasteiger charge is -2.11. The molecule has 42 heavy (non-hydrogen) atoms. The third kappa shape index (κ3) is 2.77. The summed E-state index contributed by atoms with van der Waals surface area (Å²) < 4.78 is 8.04. The summed E-state index contributed by atoms with van der Waals surface area (Å²) in [6.45, 7) is 0. The highest BCUT2D eigenvalue weighted by Gasteiger charge is 2.23. The van der Waals surface area contributed by atoms with Crippen molar-refractivity contribution in [1.82, 2.24) is 23.7 Å². The number of fused-ring (bicyclic) bond motifs is 12. The molecule has 10 aromatic rings. The first-order valence-electron chi connectivity index (χ1n) is 14.0. The number of para-hydroxylation sites is 3. The van der Waals surface area contributed by atoms with E-state index in [0.29, 0.717) is 0 Å². The second-order valence-corrected chi connectivity index (χ2v) is 11.7. The lowest BCUT2D eigenvalue weighted by Crippen LogP contribution is -2.01. The number of hydrogen-bond acceptors (Lipinski definition) is 3. The summed E-state index contributed by atoms with van der Waals surface area (Å²) in [6, 6.07) is 43.2. The van der Waals surface area contributed by atoms with E-state index in [9.17, 15) is 0 Å². The Labute approximate surface area is 243 Å². The highest BCUT2D eigenvalue weighted by Crippen LogP contribution is 2.43. The van der Waals surface area contributed by atoms with Gasteiger partial charge in [0.25, 0.3) is 0 Å². The summed E-state index contributed by atoms with van der Waals surface area (Å²) in [5.41, 5.74) is 8.81. The molecule has 0 atom stereocenters. The second-order valence-electron chi connectivity index (χ2n) is 10.7. The third-order valence-electron chi connectivity index (χ3n) is 8.54. The zero-order chi connectivity index (χ0) is 27.4. The highest BCUT2D eigenvalue weighted by molar-refractivity contribution is 7.25. The fourth-order valence-electron chi connectivity index (χ4n) is 6.86. The van der Waals surface area contributed by atoms with Gasteiger partial charge in [0.15, 0.2) is 5.65 Å². The average Bonchev–Trinajstić information content (AvgIpc) is 3.77. The number of hydrogen-bond donors (Lipinski definition) is 0. The van der Waals surface area contributed by atoms with Crippen LogP contribution in [0.2, 0.25) is 0 Å². The fraction of sp³-hybridized carbons (Fsp3) is 0. The monoisotopic (exact) mass is 555 g/mol. The summed E-state index contributed by atoms with van der Waals surface area (Å²) >= 11 is 1.72. The zero-order valence-corrected chi connectivity index (χ0v) is 23.1. The number of benzene rings is 5. The lowest BCUT2D eigenvalue weighted by molar-refractivity contribution is 0.953. The van der Waals surface area contributed by atoms with Crippen molar-refractivity contribution >= 4 is 81.0 Å². The van der Waals surface area contributed by atoms with E-state index in [1.165, 1.54) is 48.2 Å². The predicted molar refractivity (Wildman–Crippen MR) is 175 cm³/mol. The van der Waals surface area contributed by atoms with Crippen molar-refractivity contribution in [3.05, 3.63) is 128 Å². The van der Waals surface area contributed by atoms with E-state index < -0.39 is 0 Å². The first-order valence-corrected chi connectivity index (χ1v) is 14.8. The van der Waals surface area contributed by atoms with Crippen LogP contribution in [0.25, 0.3) is 81.1 Å². The first-order chi connectivity index (χ1) is 20.9. The van der Waals surface area contributed by atoms with Gasteiger partial charge in [0.2, 0.25) is 0 Å². The van der Waals surface area contributed by atoms with E-state index >= 15 is 0 Å². The van der Waals surface area contributed by atoms with Gasteiger partial charge in [-0.05, 0) is 42.5 Å². The van der Waals surface area contributed by atoms with E-state index in [1.807, 2.05) is 10.7 Å². The van der Waals surface area contributed by atoms with Crippen molar-refractivity contribution in [2.45, 2.75) is 0 Å². The molecule has 6 heteroatoms. The Morgan fingerprint density at radius 3 is 2.10 bits per heavy atom. The number of imidazole rings is 1. The molecule has 0 aliphatic heterocycles. The second kappa shape index (κ2) is 8.06. The van der Waals surface area contributed by atoms with E-state index in [4.69, 9.17) is 10.1 Å². The lowest BCUT2D eigenvalue weighted by atomic mass is 10.1. The van der Waals surface area contributed by atoms with Crippen LogP contribution in [-0.4, -0.2) is 23.7 Å². The van der Waals surface area contributed by atoms with E-state index in [1.54, 1.807) is 11.3 Å². The van der Waals surface area contributed by atoms with Gasteiger partial charge in [-0.1, -0.05) is 78.9 Å². The maximum absolute atomic E-state index is 5.21. The topological polar surface area (TPSA) is 40.0 Å². The summed E-state index contributed by atoms with van der Waals surface area (Å²) in [4.78, 5) is 6.21. The molecule has 0 bridgehead atoms. The standard InChI is InChI=1S/C36H21N5S/c1-2-10-22(11-3-1)39-28-16-8-5-13-25(28)32-29(39)19-18-24-23-12-4-7-15-27(23)40(33(24)32)30-20-21-37-41-34-26-14-6-9-17-31(26)42-36(34)38-35(30)41/h1-21H. The number of thiophene rings is 1. The molecule has 0 N–H and O–H groups in total. The molecule has 10 rings (SSSR count). The van der Waals surface area contributed by atoms with Gasteiger partial charge in [-0.3, -0.25) is 0 Å². The van der Waals surface area contributed by atoms with Crippen LogP contribution < -0.4 is 0 Å². The molecule has 196 valence electrons. The Kier molecular flexibility index (Phi) is 4.27. The van der Waals surface area contributed by atoms with Gasteiger partial charge in [0.1, 0.15) is 10.3 Å². The Morgan fingerprint density at radius 2 is 1.24 bits per heavy atom. The Bertz CT molecular complexity index is 2690. The molecule has 5 aromatic carbocycles. The zero-order valence-electron chi connectivity index (χ0n) is 22.3. The maximum atomic E-state index is 5.21. The minimum absolute atomic E-state index is 0.857. The van der Waals surface area contributed by atoms with E-state index in [2.05, 4.69) is 130 Å². The van der Waals surface area contributed by atoms with Crippen molar-refractivity contribution < 1.29 is 0 Å². The quantitative estimate of drug-likeness (QED) is 0.213. The van der Waals surface area contributed by atoms with Crippen molar-refractivity contribution in [3.63, 3.8) is 0 Å². The van der Waals surface area contributed by atoms with Crippen LogP contribution in [0.1, 0.15) is 0 Å². The van der Waals surface area contributed by atoms with Crippen LogP contribution >= 0.6 is 11.3 Å². The Morgan fingerprint density at radius 1 is 0.524 bits per heavy atom. The first kappa shape index (κ1) is 22.3. The van der Waals surface area contributed by atoms with Gasteiger partial charge in [-0.25, -0.2) is 9.50 Å². The van der Waals surface area contributed by atoms with Crippen molar-refractivity contribution in [2.24, 2.45) is 0 Å².